The van der Waals surface area contributed by atoms with E-state index in [0.29, 0.717) is 19.4 Å². The fourth-order valence-corrected chi connectivity index (χ4v) is 8.70. The summed E-state index contributed by atoms with van der Waals surface area (Å²) in [6, 6.07) is 0. The second-order valence-electron chi connectivity index (χ2n) is 13.1. The van der Waals surface area contributed by atoms with Crippen molar-refractivity contribution in [3.8, 4) is 0 Å². The van der Waals surface area contributed by atoms with Crippen LogP contribution in [0.3, 0.4) is 0 Å². The van der Waals surface area contributed by atoms with Gasteiger partial charge in [0.05, 0.1) is 18.9 Å². The van der Waals surface area contributed by atoms with Gasteiger partial charge in [0, 0.05) is 43.7 Å². The van der Waals surface area contributed by atoms with Crippen molar-refractivity contribution in [1.29, 1.82) is 0 Å². The van der Waals surface area contributed by atoms with Crippen LogP contribution >= 0.6 is 0 Å². The first-order chi connectivity index (χ1) is 19.5. The molecule has 1 amide bonds. The van der Waals surface area contributed by atoms with Crippen LogP contribution in [0.15, 0.2) is 30.4 Å². The fourth-order valence-electron chi connectivity index (χ4n) is 8.70. The molecule has 41 heavy (non-hydrogen) atoms. The van der Waals surface area contributed by atoms with Crippen LogP contribution in [0.2, 0.25) is 0 Å². The minimum Gasteiger partial charge on any atom is -0.458 e. The molecular weight excluding hydrogens is 526 g/mol. The number of hydrogen-bond acceptors (Lipinski definition) is 8. The van der Waals surface area contributed by atoms with Crippen LogP contribution in [-0.4, -0.2) is 68.1 Å². The summed E-state index contributed by atoms with van der Waals surface area (Å²) >= 11 is 0. The van der Waals surface area contributed by atoms with Crippen molar-refractivity contribution in [3.63, 3.8) is 0 Å². The van der Waals surface area contributed by atoms with Crippen molar-refractivity contribution < 1.29 is 34.1 Å². The first kappa shape index (κ1) is 29.6. The number of esters is 1. The maximum absolute atomic E-state index is 13.4. The molecule has 224 valence electrons. The highest BCUT2D eigenvalue weighted by Crippen LogP contribution is 2.67. The second-order valence-corrected chi connectivity index (χ2v) is 13.1. The Labute approximate surface area is 240 Å². The standard InChI is InChI=1S/C31H43N3O7/c1-29-10-8-21(35)16-20(29)4-5-22-23-9-11-31(40,30(23,2)17-24(36)28(22)29)25(37)18-41-27(39)7-6-26(38)33-12-3-14-34-15-13-32-19-34/h13,15-16,19,22-24,28,36,40H,3-12,14,17-18H2,1-2H3,(H,33,38). The zero-order chi connectivity index (χ0) is 29.4. The van der Waals surface area contributed by atoms with Crippen LogP contribution in [0.5, 0.6) is 0 Å². The maximum atomic E-state index is 13.4. The molecule has 0 radical (unpaired) electrons. The monoisotopic (exact) mass is 569 g/mol. The zero-order valence-electron chi connectivity index (χ0n) is 24.1. The lowest BCUT2D eigenvalue weighted by atomic mass is 9.45. The SMILES string of the molecule is CC12CCC(=O)C=C1CCC1C2C(O)CC2(C)C1CCC2(O)C(=O)COC(=O)CCC(=O)NCCCn1ccnc1. The molecule has 1 aromatic heterocycles. The van der Waals surface area contributed by atoms with Crippen molar-refractivity contribution in [2.45, 2.75) is 96.3 Å². The lowest BCUT2D eigenvalue weighted by Crippen LogP contribution is -2.62. The molecule has 7 unspecified atom stereocenters. The van der Waals surface area contributed by atoms with E-state index in [1.165, 1.54) is 0 Å². The van der Waals surface area contributed by atoms with E-state index < -0.39 is 35.5 Å². The Morgan fingerprint density at radius 2 is 1.98 bits per heavy atom. The first-order valence-electron chi connectivity index (χ1n) is 15.0. The van der Waals surface area contributed by atoms with Gasteiger partial charge in [-0.3, -0.25) is 19.2 Å². The van der Waals surface area contributed by atoms with Gasteiger partial charge in [0.25, 0.3) is 0 Å². The number of imidazole rings is 1. The van der Waals surface area contributed by atoms with E-state index in [0.717, 1.165) is 37.8 Å². The van der Waals surface area contributed by atoms with Crippen LogP contribution in [0.25, 0.3) is 0 Å². The molecule has 10 heteroatoms. The number of hydrogen-bond donors (Lipinski definition) is 3. The number of aryl methyl sites for hydroxylation is 1. The van der Waals surface area contributed by atoms with Crippen LogP contribution < -0.4 is 5.32 Å². The van der Waals surface area contributed by atoms with E-state index in [2.05, 4.69) is 17.2 Å². The van der Waals surface area contributed by atoms with E-state index in [1.807, 2.05) is 17.7 Å². The minimum atomic E-state index is -1.70. The van der Waals surface area contributed by atoms with Gasteiger partial charge in [0.2, 0.25) is 11.7 Å². The number of nitrogens with one attached hydrogen (secondary N) is 1. The Balaban J connectivity index is 1.13. The largest absolute Gasteiger partial charge is 0.458 e. The van der Waals surface area contributed by atoms with E-state index in [-0.39, 0.29) is 60.5 Å². The van der Waals surface area contributed by atoms with Crippen molar-refractivity contribution in [3.05, 3.63) is 30.4 Å². The molecular formula is C31H43N3O7. The summed E-state index contributed by atoms with van der Waals surface area (Å²) < 4.78 is 7.13. The lowest BCUT2D eigenvalue weighted by molar-refractivity contribution is -0.184. The molecule has 0 bridgehead atoms. The minimum absolute atomic E-state index is 0.0130. The van der Waals surface area contributed by atoms with Crippen LogP contribution in [0.1, 0.15) is 78.1 Å². The average Bonchev–Trinajstić information content (AvgIpc) is 3.55. The molecule has 3 saturated carbocycles. The molecule has 4 aliphatic rings. The number of fused-ring (bicyclic) bond motifs is 5. The molecule has 4 aliphatic carbocycles. The topological polar surface area (TPSA) is 148 Å². The Kier molecular flexibility index (Phi) is 8.27. The van der Waals surface area contributed by atoms with Gasteiger partial charge in [0.15, 0.2) is 12.4 Å². The average molecular weight is 570 g/mol. The molecule has 0 aromatic carbocycles. The van der Waals surface area contributed by atoms with Crippen molar-refractivity contribution in [2.75, 3.05) is 13.2 Å². The second kappa shape index (κ2) is 11.4. The third kappa shape index (κ3) is 5.41. The molecule has 3 N–H and O–H groups in total. The van der Waals surface area contributed by atoms with Gasteiger partial charge in [-0.25, -0.2) is 4.98 Å². The quantitative estimate of drug-likeness (QED) is 0.288. The summed E-state index contributed by atoms with van der Waals surface area (Å²) in [7, 11) is 0. The van der Waals surface area contributed by atoms with E-state index in [1.54, 1.807) is 18.6 Å². The number of allylic oxidation sites excluding steroid dienone is 1. The number of rotatable bonds is 10. The number of carbonyl (C=O) groups excluding carboxylic acids is 4. The van der Waals surface area contributed by atoms with E-state index in [4.69, 9.17) is 4.74 Å². The van der Waals surface area contributed by atoms with Gasteiger partial charge >= 0.3 is 5.97 Å². The van der Waals surface area contributed by atoms with Crippen LogP contribution in [-0.2, 0) is 30.5 Å². The number of amides is 1. The molecule has 10 nitrogen and oxygen atoms in total. The van der Waals surface area contributed by atoms with Gasteiger partial charge in [-0.2, -0.15) is 0 Å². The van der Waals surface area contributed by atoms with Gasteiger partial charge in [-0.1, -0.05) is 19.4 Å². The predicted octanol–water partition coefficient (Wildman–Crippen LogP) is 2.52. The third-order valence-corrected chi connectivity index (χ3v) is 10.9. The summed E-state index contributed by atoms with van der Waals surface area (Å²) in [5, 5.41) is 26.1. The van der Waals surface area contributed by atoms with Gasteiger partial charge in [-0.15, -0.1) is 0 Å². The van der Waals surface area contributed by atoms with Crippen molar-refractivity contribution in [1.82, 2.24) is 14.9 Å². The molecule has 3 fully saturated rings. The predicted molar refractivity (Wildman–Crippen MR) is 148 cm³/mol. The summed E-state index contributed by atoms with van der Waals surface area (Å²) in [4.78, 5) is 53.9. The first-order valence-corrected chi connectivity index (χ1v) is 15.0. The number of aliphatic hydroxyl groups excluding tert-OH is 1. The number of aromatic nitrogens is 2. The highest BCUT2D eigenvalue weighted by atomic mass is 16.5. The summed E-state index contributed by atoms with van der Waals surface area (Å²) in [6.45, 7) is 4.71. The lowest BCUT2D eigenvalue weighted by Gasteiger charge is -2.60. The molecule has 0 saturated heterocycles. The van der Waals surface area contributed by atoms with Crippen molar-refractivity contribution >= 4 is 23.4 Å². The fraction of sp³-hybridized carbons (Fsp3) is 0.710. The highest BCUT2D eigenvalue weighted by Gasteiger charge is 2.68. The van der Waals surface area contributed by atoms with Gasteiger partial charge < -0.3 is 24.8 Å². The maximum Gasteiger partial charge on any atom is 0.306 e. The summed E-state index contributed by atoms with van der Waals surface area (Å²) in [6.07, 6.45) is 10.9. The Morgan fingerprint density at radius 1 is 1.17 bits per heavy atom. The van der Waals surface area contributed by atoms with Crippen molar-refractivity contribution in [2.24, 2.45) is 28.6 Å². The Hall–Kier alpha value is -2.85. The summed E-state index contributed by atoms with van der Waals surface area (Å²) in [5.74, 6) is -1.14. The Bertz CT molecular complexity index is 1210. The van der Waals surface area contributed by atoms with E-state index in [9.17, 15) is 29.4 Å². The van der Waals surface area contributed by atoms with Crippen LogP contribution in [0, 0.1) is 28.6 Å². The normalized spacial score (nSPS) is 36.0. The highest BCUT2D eigenvalue weighted by molar-refractivity contribution is 5.92. The molecule has 0 aliphatic heterocycles. The molecule has 1 heterocycles. The Morgan fingerprint density at radius 3 is 2.73 bits per heavy atom. The smallest absolute Gasteiger partial charge is 0.306 e. The number of ether oxygens (including phenoxy) is 1. The number of aliphatic hydroxyl groups is 2. The zero-order valence-corrected chi connectivity index (χ0v) is 24.1. The number of Topliss-reactive ketones (excluding diaryl/α,β-unsaturated/α-hetero) is 1. The van der Waals surface area contributed by atoms with E-state index >= 15 is 0 Å². The van der Waals surface area contributed by atoms with Gasteiger partial charge in [0.1, 0.15) is 5.60 Å². The van der Waals surface area contributed by atoms with Crippen LogP contribution in [0.4, 0.5) is 0 Å². The third-order valence-electron chi connectivity index (χ3n) is 10.9. The molecule has 0 spiro atoms. The summed E-state index contributed by atoms with van der Waals surface area (Å²) in [5.41, 5.74) is -1.65. The van der Waals surface area contributed by atoms with Gasteiger partial charge in [-0.05, 0) is 74.2 Å². The molecule has 1 aromatic rings. The number of ketones is 2. The molecule has 5 rings (SSSR count). The molecule has 7 atom stereocenters. The number of nitrogens with zero attached hydrogens (tertiary/aromatic N) is 2. The number of carbonyl (C=O) groups is 4.